The lowest BCUT2D eigenvalue weighted by Crippen LogP contribution is -2.62. The van der Waals surface area contributed by atoms with Gasteiger partial charge in [0.2, 0.25) is 5.91 Å². The topological polar surface area (TPSA) is 32.3 Å². The van der Waals surface area contributed by atoms with E-state index in [0.29, 0.717) is 0 Å². The summed E-state index contributed by atoms with van der Waals surface area (Å²) < 4.78 is 0. The van der Waals surface area contributed by atoms with Crippen LogP contribution < -0.4 is 5.32 Å². The third kappa shape index (κ3) is 0.736. The maximum absolute atomic E-state index is 10.6. The molecule has 56 valence electrons. The maximum atomic E-state index is 10.6. The van der Waals surface area contributed by atoms with Crippen LogP contribution in [-0.4, -0.2) is 36.5 Å². The van der Waals surface area contributed by atoms with Crippen molar-refractivity contribution in [2.45, 2.75) is 18.4 Å². The third-order valence-electron chi connectivity index (χ3n) is 2.45. The van der Waals surface area contributed by atoms with Gasteiger partial charge >= 0.3 is 0 Å². The summed E-state index contributed by atoms with van der Waals surface area (Å²) in [5, 5.41) is 2.97. The molecule has 0 saturated carbocycles. The zero-order valence-corrected chi connectivity index (χ0v) is 6.18. The number of β-lactam (4-membered cyclic amide) rings is 1. The van der Waals surface area contributed by atoms with Crippen molar-refractivity contribution in [3.8, 4) is 0 Å². The summed E-state index contributed by atoms with van der Waals surface area (Å²) in [5.74, 6) is 0.218. The predicted octanol–water partition coefficient (Wildman–Crippen LogP) is -0.419. The zero-order valence-electron chi connectivity index (χ0n) is 6.18. The molecule has 0 aromatic rings. The van der Waals surface area contributed by atoms with Crippen molar-refractivity contribution in [1.29, 1.82) is 0 Å². The Hall–Kier alpha value is -0.570. The minimum Gasteiger partial charge on any atom is -0.349 e. The fourth-order valence-electron chi connectivity index (χ4n) is 1.91. The van der Waals surface area contributed by atoms with E-state index in [4.69, 9.17) is 0 Å². The fraction of sp³-hybridized carbons (Fsp3) is 0.857. The van der Waals surface area contributed by atoms with Crippen molar-refractivity contribution in [1.82, 2.24) is 10.2 Å². The fourth-order valence-corrected chi connectivity index (χ4v) is 1.91. The highest BCUT2D eigenvalue weighted by Gasteiger charge is 2.46. The van der Waals surface area contributed by atoms with E-state index in [1.165, 1.54) is 0 Å². The summed E-state index contributed by atoms with van der Waals surface area (Å²) in [6, 6.07) is 0. The van der Waals surface area contributed by atoms with E-state index >= 15 is 0 Å². The van der Waals surface area contributed by atoms with Crippen LogP contribution in [-0.2, 0) is 4.79 Å². The molecule has 3 heteroatoms. The van der Waals surface area contributed by atoms with E-state index < -0.39 is 0 Å². The van der Waals surface area contributed by atoms with Gasteiger partial charge in [-0.1, -0.05) is 0 Å². The summed E-state index contributed by atoms with van der Waals surface area (Å²) >= 11 is 0. The molecule has 2 rings (SSSR count). The van der Waals surface area contributed by atoms with Gasteiger partial charge in [-0.25, -0.2) is 0 Å². The summed E-state index contributed by atoms with van der Waals surface area (Å²) in [7, 11) is 2.10. The molecule has 0 aromatic carbocycles. The molecule has 3 nitrogen and oxygen atoms in total. The number of amides is 1. The minimum atomic E-state index is 0.186. The molecule has 1 N–H and O–H groups in total. The van der Waals surface area contributed by atoms with Crippen molar-refractivity contribution in [2.24, 2.45) is 0 Å². The predicted molar refractivity (Wildman–Crippen MR) is 37.6 cm³/mol. The summed E-state index contributed by atoms with van der Waals surface area (Å²) in [6.07, 6.45) is 1.88. The van der Waals surface area contributed by atoms with E-state index in [9.17, 15) is 4.79 Å². The molecule has 2 aliphatic rings. The number of carbonyl (C=O) groups is 1. The van der Waals surface area contributed by atoms with Crippen LogP contribution in [0, 0.1) is 0 Å². The molecule has 2 aliphatic heterocycles. The maximum Gasteiger partial charge on any atom is 0.222 e. The second kappa shape index (κ2) is 1.72. The highest BCUT2D eigenvalue weighted by molar-refractivity contribution is 5.85. The van der Waals surface area contributed by atoms with Crippen LogP contribution in [0.5, 0.6) is 0 Å². The molecule has 2 heterocycles. The van der Waals surface area contributed by atoms with Crippen molar-refractivity contribution >= 4 is 5.91 Å². The third-order valence-corrected chi connectivity index (χ3v) is 2.45. The van der Waals surface area contributed by atoms with E-state index in [0.717, 1.165) is 25.9 Å². The molecule has 2 fully saturated rings. The van der Waals surface area contributed by atoms with Crippen LogP contribution >= 0.6 is 0 Å². The Morgan fingerprint density at radius 3 is 2.80 bits per heavy atom. The lowest BCUT2D eigenvalue weighted by molar-refractivity contribution is -0.132. The van der Waals surface area contributed by atoms with E-state index in [-0.39, 0.29) is 11.4 Å². The molecular weight excluding hydrogens is 128 g/mol. The Morgan fingerprint density at radius 2 is 2.40 bits per heavy atom. The molecule has 0 aliphatic carbocycles. The van der Waals surface area contributed by atoms with Crippen molar-refractivity contribution in [2.75, 3.05) is 20.1 Å². The number of carbonyl (C=O) groups excluding carboxylic acids is 1. The second-order valence-electron chi connectivity index (χ2n) is 3.49. The average Bonchev–Trinajstić information content (AvgIpc) is 2.10. The Labute approximate surface area is 60.4 Å². The monoisotopic (exact) mass is 140 g/mol. The number of rotatable bonds is 0. The minimum absolute atomic E-state index is 0.186. The van der Waals surface area contributed by atoms with Gasteiger partial charge in [0.25, 0.3) is 0 Å². The Kier molecular flexibility index (Phi) is 1.06. The van der Waals surface area contributed by atoms with E-state index in [2.05, 4.69) is 17.3 Å². The Morgan fingerprint density at radius 1 is 1.70 bits per heavy atom. The van der Waals surface area contributed by atoms with Crippen LogP contribution in [0.1, 0.15) is 12.8 Å². The molecule has 1 spiro atoms. The molecule has 1 amide bonds. The second-order valence-corrected chi connectivity index (χ2v) is 3.49. The van der Waals surface area contributed by atoms with Crippen LogP contribution in [0.15, 0.2) is 0 Å². The number of hydrogen-bond acceptors (Lipinski definition) is 2. The smallest absolute Gasteiger partial charge is 0.222 e. The van der Waals surface area contributed by atoms with Gasteiger partial charge in [0.05, 0.1) is 12.0 Å². The molecule has 0 unspecified atom stereocenters. The van der Waals surface area contributed by atoms with Gasteiger partial charge in [-0.2, -0.15) is 0 Å². The highest BCUT2D eigenvalue weighted by atomic mass is 16.2. The summed E-state index contributed by atoms with van der Waals surface area (Å²) in [4.78, 5) is 12.9. The van der Waals surface area contributed by atoms with Crippen molar-refractivity contribution in [3.05, 3.63) is 0 Å². The van der Waals surface area contributed by atoms with Gasteiger partial charge in [0.15, 0.2) is 0 Å². The lowest BCUT2D eigenvalue weighted by Gasteiger charge is -2.38. The first kappa shape index (κ1) is 6.16. The molecule has 2 saturated heterocycles. The molecule has 0 radical (unpaired) electrons. The van der Waals surface area contributed by atoms with Gasteiger partial charge in [0, 0.05) is 13.1 Å². The molecule has 0 bridgehead atoms. The number of likely N-dealkylation sites (tertiary alicyclic amines) is 1. The lowest BCUT2D eigenvalue weighted by atomic mass is 9.86. The van der Waals surface area contributed by atoms with Crippen LogP contribution in [0.3, 0.4) is 0 Å². The number of nitrogens with one attached hydrogen (secondary N) is 1. The van der Waals surface area contributed by atoms with Gasteiger partial charge in [-0.15, -0.1) is 0 Å². The van der Waals surface area contributed by atoms with E-state index in [1.54, 1.807) is 0 Å². The average molecular weight is 140 g/mol. The first-order valence-corrected chi connectivity index (χ1v) is 3.70. The van der Waals surface area contributed by atoms with Gasteiger partial charge in [-0.05, 0) is 13.5 Å². The largest absolute Gasteiger partial charge is 0.349 e. The van der Waals surface area contributed by atoms with Gasteiger partial charge in [0.1, 0.15) is 0 Å². The zero-order chi connectivity index (χ0) is 7.19. The number of likely N-dealkylation sites (N-methyl/N-ethyl adjacent to an activating group) is 1. The van der Waals surface area contributed by atoms with Gasteiger partial charge in [-0.3, -0.25) is 4.79 Å². The first-order chi connectivity index (χ1) is 4.70. The van der Waals surface area contributed by atoms with E-state index in [1.807, 2.05) is 0 Å². The van der Waals surface area contributed by atoms with Crippen LogP contribution in [0.4, 0.5) is 0 Å². The van der Waals surface area contributed by atoms with Crippen molar-refractivity contribution < 1.29 is 4.79 Å². The normalized spacial score (nSPS) is 39.9. The summed E-state index contributed by atoms with van der Waals surface area (Å²) in [6.45, 7) is 2.17. The standard InChI is InChI=1S/C7H12N2O/c1-9-3-2-7(5-9)4-6(10)8-7/h2-5H2,1H3,(H,8,10)/t7-/m0/s1. The SMILES string of the molecule is CN1CC[C@]2(CC(=O)N2)C1. The molecule has 1 atom stereocenters. The summed E-state index contributed by atoms with van der Waals surface area (Å²) in [5.41, 5.74) is 0.186. The van der Waals surface area contributed by atoms with Gasteiger partial charge < -0.3 is 10.2 Å². The Bertz CT molecular complexity index is 170. The molecule has 0 aromatic heterocycles. The number of nitrogens with zero attached hydrogens (tertiary/aromatic N) is 1. The quantitative estimate of drug-likeness (QED) is 0.463. The number of hydrogen-bond donors (Lipinski definition) is 1. The first-order valence-electron chi connectivity index (χ1n) is 3.70. The Balaban J connectivity index is 2.01. The highest BCUT2D eigenvalue weighted by Crippen LogP contribution is 2.29. The van der Waals surface area contributed by atoms with Crippen LogP contribution in [0.2, 0.25) is 0 Å². The van der Waals surface area contributed by atoms with Crippen molar-refractivity contribution in [3.63, 3.8) is 0 Å². The molecule has 10 heavy (non-hydrogen) atoms. The van der Waals surface area contributed by atoms with Crippen LogP contribution in [0.25, 0.3) is 0 Å². The molecular formula is C7H12N2O.